The maximum absolute atomic E-state index is 12.5. The highest BCUT2D eigenvalue weighted by molar-refractivity contribution is 7.89. The molecule has 3 aromatic rings. The first-order valence-electron chi connectivity index (χ1n) is 10.4. The molecule has 3 rings (SSSR count). The highest BCUT2D eigenvalue weighted by Crippen LogP contribution is 2.23. The van der Waals surface area contributed by atoms with Crippen LogP contribution in [0, 0.1) is 0 Å². The minimum absolute atomic E-state index is 0.0795. The summed E-state index contributed by atoms with van der Waals surface area (Å²) in [5, 5.41) is 2.95. The molecule has 0 aliphatic carbocycles. The van der Waals surface area contributed by atoms with Gasteiger partial charge in [0.2, 0.25) is 15.9 Å². The average Bonchev–Trinajstić information content (AvgIpc) is 3.12. The van der Waals surface area contributed by atoms with Crippen LogP contribution in [-0.4, -0.2) is 61.4 Å². The number of nitrogens with one attached hydrogen (secondary N) is 1. The first-order valence-corrected chi connectivity index (χ1v) is 11.9. The number of imidazole rings is 1. The van der Waals surface area contributed by atoms with Crippen LogP contribution in [0.25, 0.3) is 11.0 Å². The van der Waals surface area contributed by atoms with Crippen LogP contribution in [-0.2, 0) is 34.3 Å². The summed E-state index contributed by atoms with van der Waals surface area (Å²) in [4.78, 5) is 23.6. The number of pyridine rings is 1. The Morgan fingerprint density at radius 1 is 1.16 bits per heavy atom. The van der Waals surface area contributed by atoms with Crippen molar-refractivity contribution in [2.75, 3.05) is 33.1 Å². The minimum Gasteiger partial charge on any atom is -0.362 e. The molecule has 0 spiro atoms. The molecule has 0 saturated carbocycles. The normalized spacial score (nSPS) is 11.8. The average molecular weight is 459 g/mol. The first kappa shape index (κ1) is 23.7. The van der Waals surface area contributed by atoms with Crippen molar-refractivity contribution in [1.82, 2.24) is 24.2 Å². The number of hydrogen-bond acceptors (Lipinski definition) is 6. The second kappa shape index (κ2) is 9.66. The number of aromatic nitrogens is 3. The van der Waals surface area contributed by atoms with E-state index in [1.54, 1.807) is 24.4 Å². The molecule has 0 aliphatic heterocycles. The van der Waals surface area contributed by atoms with Crippen LogP contribution in [0.15, 0.2) is 41.4 Å². The number of nitrogens with zero attached hydrogens (tertiary/aromatic N) is 5. The van der Waals surface area contributed by atoms with Gasteiger partial charge in [0.25, 0.3) is 0 Å². The molecule has 0 bridgehead atoms. The van der Waals surface area contributed by atoms with Gasteiger partial charge in [0.15, 0.2) is 0 Å². The van der Waals surface area contributed by atoms with Gasteiger partial charge in [-0.05, 0) is 31.2 Å². The third-order valence-corrected chi connectivity index (χ3v) is 7.05. The molecule has 0 fully saturated rings. The SMILES string of the molecule is CCn1c(CCC(=O)NCc2cccnc2N(C)C)nc2cc(S(=O)(=O)N(C)C)ccc21. The van der Waals surface area contributed by atoms with Crippen LogP contribution in [0.4, 0.5) is 5.82 Å². The maximum Gasteiger partial charge on any atom is 0.242 e. The molecule has 9 nitrogen and oxygen atoms in total. The zero-order valence-corrected chi connectivity index (χ0v) is 20.0. The minimum atomic E-state index is -3.54. The van der Waals surface area contributed by atoms with Gasteiger partial charge >= 0.3 is 0 Å². The van der Waals surface area contributed by atoms with Crippen LogP contribution in [0.1, 0.15) is 24.7 Å². The van der Waals surface area contributed by atoms with Gasteiger partial charge < -0.3 is 14.8 Å². The van der Waals surface area contributed by atoms with E-state index in [2.05, 4.69) is 15.3 Å². The summed E-state index contributed by atoms with van der Waals surface area (Å²) < 4.78 is 28.1. The fourth-order valence-corrected chi connectivity index (χ4v) is 4.48. The lowest BCUT2D eigenvalue weighted by molar-refractivity contribution is -0.121. The fourth-order valence-electron chi connectivity index (χ4n) is 3.55. The van der Waals surface area contributed by atoms with E-state index in [0.717, 1.165) is 22.7 Å². The number of rotatable bonds is 9. The van der Waals surface area contributed by atoms with Crippen molar-refractivity contribution in [3.8, 4) is 0 Å². The van der Waals surface area contributed by atoms with Crippen molar-refractivity contribution in [2.24, 2.45) is 0 Å². The standard InChI is InChI=1S/C22H30N6O3S/c1-6-28-19-10-9-17(32(30,31)27(4)5)14-18(19)25-20(28)11-12-21(29)24-15-16-8-7-13-23-22(16)26(2)3/h7-10,13-14H,6,11-12,15H2,1-5H3,(H,24,29). The summed E-state index contributed by atoms with van der Waals surface area (Å²) in [5.41, 5.74) is 2.41. The van der Waals surface area contributed by atoms with Gasteiger partial charge in [0, 0.05) is 65.9 Å². The second-order valence-corrected chi connectivity index (χ2v) is 10.0. The molecule has 32 heavy (non-hydrogen) atoms. The smallest absolute Gasteiger partial charge is 0.242 e. The van der Waals surface area contributed by atoms with Gasteiger partial charge in [-0.1, -0.05) is 6.07 Å². The molecule has 1 N–H and O–H groups in total. The summed E-state index contributed by atoms with van der Waals surface area (Å²) in [6.45, 7) is 3.07. The van der Waals surface area contributed by atoms with Crippen molar-refractivity contribution in [3.63, 3.8) is 0 Å². The van der Waals surface area contributed by atoms with Gasteiger partial charge in [-0.25, -0.2) is 22.7 Å². The molecule has 172 valence electrons. The Morgan fingerprint density at radius 2 is 1.91 bits per heavy atom. The van der Waals surface area contributed by atoms with Crippen LogP contribution in [0.5, 0.6) is 0 Å². The van der Waals surface area contributed by atoms with E-state index < -0.39 is 10.0 Å². The van der Waals surface area contributed by atoms with Crippen molar-refractivity contribution < 1.29 is 13.2 Å². The van der Waals surface area contributed by atoms with Gasteiger partial charge in [-0.2, -0.15) is 0 Å². The Labute approximate surface area is 189 Å². The molecular formula is C22H30N6O3S. The zero-order chi connectivity index (χ0) is 23.5. The lowest BCUT2D eigenvalue weighted by Crippen LogP contribution is -2.25. The van der Waals surface area contributed by atoms with Crippen LogP contribution >= 0.6 is 0 Å². The molecule has 1 amide bonds. The van der Waals surface area contributed by atoms with Gasteiger partial charge in [0.1, 0.15) is 11.6 Å². The summed E-state index contributed by atoms with van der Waals surface area (Å²) in [6, 6.07) is 8.75. The molecule has 0 aliphatic rings. The third-order valence-electron chi connectivity index (χ3n) is 5.24. The highest BCUT2D eigenvalue weighted by atomic mass is 32.2. The quantitative estimate of drug-likeness (QED) is 0.527. The third kappa shape index (κ3) is 4.91. The summed E-state index contributed by atoms with van der Waals surface area (Å²) in [5.74, 6) is 1.50. The van der Waals surface area contributed by atoms with Crippen LogP contribution in [0.2, 0.25) is 0 Å². The Kier molecular flexibility index (Phi) is 7.15. The Morgan fingerprint density at radius 3 is 2.56 bits per heavy atom. The molecule has 1 aromatic carbocycles. The Hall–Kier alpha value is -2.98. The predicted molar refractivity (Wildman–Crippen MR) is 125 cm³/mol. The largest absolute Gasteiger partial charge is 0.362 e. The predicted octanol–water partition coefficient (Wildman–Crippen LogP) is 2.02. The summed E-state index contributed by atoms with van der Waals surface area (Å²) >= 11 is 0. The van der Waals surface area contributed by atoms with E-state index in [-0.39, 0.29) is 17.2 Å². The van der Waals surface area contributed by atoms with E-state index in [9.17, 15) is 13.2 Å². The summed E-state index contributed by atoms with van der Waals surface area (Å²) in [6.07, 6.45) is 2.46. The number of carbonyl (C=O) groups excluding carboxylic acids is 1. The Bertz CT molecular complexity index is 1220. The van der Waals surface area contributed by atoms with Crippen LogP contribution in [0.3, 0.4) is 0 Å². The number of carbonyl (C=O) groups is 1. The van der Waals surface area contributed by atoms with Gasteiger partial charge in [0.05, 0.1) is 15.9 Å². The molecule has 2 aromatic heterocycles. The first-order chi connectivity index (χ1) is 15.1. The number of anilines is 1. The lowest BCUT2D eigenvalue weighted by atomic mass is 10.2. The zero-order valence-electron chi connectivity index (χ0n) is 19.2. The topological polar surface area (TPSA) is 100 Å². The van der Waals surface area contributed by atoms with Crippen LogP contribution < -0.4 is 10.2 Å². The molecule has 0 radical (unpaired) electrons. The van der Waals surface area contributed by atoms with Crippen molar-refractivity contribution in [1.29, 1.82) is 0 Å². The molecule has 0 saturated heterocycles. The molecular weight excluding hydrogens is 428 g/mol. The number of aryl methyl sites for hydroxylation is 2. The Balaban J connectivity index is 1.72. The van der Waals surface area contributed by atoms with E-state index in [4.69, 9.17) is 0 Å². The van der Waals surface area contributed by atoms with Crippen molar-refractivity contribution in [2.45, 2.75) is 37.8 Å². The molecule has 2 heterocycles. The number of benzene rings is 1. The van der Waals surface area contributed by atoms with E-state index in [1.807, 2.05) is 42.6 Å². The van der Waals surface area contributed by atoms with Crippen molar-refractivity contribution in [3.05, 3.63) is 47.9 Å². The summed E-state index contributed by atoms with van der Waals surface area (Å²) in [7, 11) is 3.30. The van der Waals surface area contributed by atoms with E-state index >= 15 is 0 Å². The number of hydrogen-bond donors (Lipinski definition) is 1. The highest BCUT2D eigenvalue weighted by Gasteiger charge is 2.20. The molecule has 10 heteroatoms. The number of amides is 1. The molecule has 0 atom stereocenters. The fraction of sp³-hybridized carbons (Fsp3) is 0.409. The lowest BCUT2D eigenvalue weighted by Gasteiger charge is -2.16. The second-order valence-electron chi connectivity index (χ2n) is 7.87. The van der Waals surface area contributed by atoms with Crippen molar-refractivity contribution >= 4 is 32.8 Å². The van der Waals surface area contributed by atoms with Gasteiger partial charge in [-0.15, -0.1) is 0 Å². The van der Waals surface area contributed by atoms with Gasteiger partial charge in [-0.3, -0.25) is 4.79 Å². The number of fused-ring (bicyclic) bond motifs is 1. The maximum atomic E-state index is 12.5. The van der Waals surface area contributed by atoms with E-state index in [0.29, 0.717) is 25.0 Å². The molecule has 0 unspecified atom stereocenters. The number of sulfonamides is 1. The van der Waals surface area contributed by atoms with E-state index in [1.165, 1.54) is 18.4 Å². The monoisotopic (exact) mass is 458 g/mol.